The number of non-ortho nitro benzene ring substituents is 1. The van der Waals surface area contributed by atoms with E-state index in [1.54, 1.807) is 6.92 Å². The Labute approximate surface area is 171 Å². The van der Waals surface area contributed by atoms with Crippen molar-refractivity contribution >= 4 is 11.7 Å². The maximum atomic E-state index is 12.3. The van der Waals surface area contributed by atoms with E-state index in [9.17, 15) is 14.9 Å². The number of rotatable bonds is 10. The van der Waals surface area contributed by atoms with Gasteiger partial charge in [0.25, 0.3) is 11.6 Å². The van der Waals surface area contributed by atoms with Crippen LogP contribution in [0, 0.1) is 10.1 Å². The first-order chi connectivity index (χ1) is 14.5. The quantitative estimate of drug-likeness (QED) is 0.277. The van der Waals surface area contributed by atoms with Gasteiger partial charge in [-0.15, -0.1) is 0 Å². The van der Waals surface area contributed by atoms with Crippen LogP contribution in [0.15, 0.2) is 35.0 Å². The van der Waals surface area contributed by atoms with E-state index in [0.29, 0.717) is 17.9 Å². The number of ether oxygens (including phenoxy) is 2. The maximum Gasteiger partial charge on any atom is 0.362 e. The molecule has 1 aromatic carbocycles. The molecule has 0 bridgehead atoms. The van der Waals surface area contributed by atoms with Gasteiger partial charge < -0.3 is 14.0 Å². The fourth-order valence-corrected chi connectivity index (χ4v) is 2.59. The van der Waals surface area contributed by atoms with Crippen molar-refractivity contribution in [3.8, 4) is 11.4 Å². The summed E-state index contributed by atoms with van der Waals surface area (Å²) in [5, 5.41) is 18.9. The Balaban J connectivity index is 1.80. The molecule has 3 rings (SSSR count). The number of hydrogen-bond acceptors (Lipinski definition) is 9. The van der Waals surface area contributed by atoms with Crippen molar-refractivity contribution in [2.75, 3.05) is 6.61 Å². The predicted molar refractivity (Wildman–Crippen MR) is 103 cm³/mol. The molecule has 0 aliphatic carbocycles. The average molecular weight is 415 g/mol. The van der Waals surface area contributed by atoms with E-state index in [0.717, 1.165) is 12.8 Å². The third-order valence-corrected chi connectivity index (χ3v) is 4.09. The Hall–Kier alpha value is -3.76. The average Bonchev–Trinajstić information content (AvgIpc) is 3.38. The van der Waals surface area contributed by atoms with E-state index in [1.807, 2.05) is 0 Å². The molecule has 0 saturated carbocycles. The molecule has 0 amide bonds. The third kappa shape index (κ3) is 4.99. The molecule has 0 radical (unpaired) electrons. The summed E-state index contributed by atoms with van der Waals surface area (Å²) >= 11 is 0. The van der Waals surface area contributed by atoms with Gasteiger partial charge >= 0.3 is 5.97 Å². The second kappa shape index (κ2) is 9.63. The topological polar surface area (TPSA) is 135 Å². The number of carbonyl (C=O) groups excluding carboxylic acids is 1. The Kier molecular flexibility index (Phi) is 6.73. The van der Waals surface area contributed by atoms with Crippen LogP contribution in [0.5, 0.6) is 5.75 Å². The van der Waals surface area contributed by atoms with E-state index >= 15 is 0 Å². The zero-order valence-corrected chi connectivity index (χ0v) is 16.6. The summed E-state index contributed by atoms with van der Waals surface area (Å²) in [6.07, 6.45) is 4.17. The van der Waals surface area contributed by atoms with Crippen LogP contribution in [-0.2, 0) is 17.8 Å². The molecule has 0 unspecified atom stereocenters. The molecule has 0 saturated heterocycles. The monoisotopic (exact) mass is 415 g/mol. The number of hydrogen-bond donors (Lipinski definition) is 0. The van der Waals surface area contributed by atoms with Crippen LogP contribution in [0.3, 0.4) is 0 Å². The molecule has 0 N–H and O–H groups in total. The maximum absolute atomic E-state index is 12.3. The molecule has 3 aromatic rings. The molecule has 0 aliphatic rings. The Morgan fingerprint density at radius 1 is 1.27 bits per heavy atom. The SMILES string of the molecule is CCCCc1noc(COc2cn(-c3ccc([N+](=O)[O-])cc3)nc2C(=O)OCC)n1. The van der Waals surface area contributed by atoms with Crippen molar-refractivity contribution in [3.05, 3.63) is 58.0 Å². The number of unbranched alkanes of at least 4 members (excludes halogenated alkanes) is 1. The van der Waals surface area contributed by atoms with Crippen molar-refractivity contribution in [1.29, 1.82) is 0 Å². The van der Waals surface area contributed by atoms with Gasteiger partial charge in [-0.3, -0.25) is 10.1 Å². The van der Waals surface area contributed by atoms with Crippen molar-refractivity contribution in [1.82, 2.24) is 19.9 Å². The number of nitrogens with zero attached hydrogens (tertiary/aromatic N) is 5. The molecular formula is C19H21N5O6. The first kappa shape index (κ1) is 21.0. The van der Waals surface area contributed by atoms with Crippen LogP contribution in [0.2, 0.25) is 0 Å². The van der Waals surface area contributed by atoms with E-state index in [2.05, 4.69) is 22.2 Å². The van der Waals surface area contributed by atoms with Crippen molar-refractivity contribution in [2.45, 2.75) is 39.7 Å². The van der Waals surface area contributed by atoms with Gasteiger partial charge in [-0.05, 0) is 25.5 Å². The third-order valence-electron chi connectivity index (χ3n) is 4.09. The normalized spacial score (nSPS) is 10.7. The van der Waals surface area contributed by atoms with E-state index in [4.69, 9.17) is 14.0 Å². The molecule has 2 heterocycles. The van der Waals surface area contributed by atoms with Gasteiger partial charge in [0, 0.05) is 18.6 Å². The summed E-state index contributed by atoms with van der Waals surface area (Å²) in [7, 11) is 0. The smallest absolute Gasteiger partial charge is 0.362 e. The van der Waals surface area contributed by atoms with Crippen LogP contribution in [0.4, 0.5) is 5.69 Å². The second-order valence-corrected chi connectivity index (χ2v) is 6.28. The van der Waals surface area contributed by atoms with Gasteiger partial charge in [-0.1, -0.05) is 18.5 Å². The predicted octanol–water partition coefficient (Wildman–Crippen LogP) is 3.26. The molecule has 0 fully saturated rings. The lowest BCUT2D eigenvalue weighted by Gasteiger charge is -2.02. The lowest BCUT2D eigenvalue weighted by atomic mass is 10.2. The largest absolute Gasteiger partial charge is 0.479 e. The molecular weight excluding hydrogens is 394 g/mol. The fourth-order valence-electron chi connectivity index (χ4n) is 2.59. The molecule has 0 atom stereocenters. The number of carbonyl (C=O) groups is 1. The van der Waals surface area contributed by atoms with E-state index in [1.165, 1.54) is 35.1 Å². The minimum Gasteiger partial charge on any atom is -0.479 e. The molecule has 0 spiro atoms. The van der Waals surface area contributed by atoms with Crippen molar-refractivity contribution in [3.63, 3.8) is 0 Å². The van der Waals surface area contributed by atoms with Gasteiger partial charge in [0.2, 0.25) is 5.69 Å². The van der Waals surface area contributed by atoms with Gasteiger partial charge in [0.05, 0.1) is 23.4 Å². The summed E-state index contributed by atoms with van der Waals surface area (Å²) in [5.74, 6) is 0.393. The van der Waals surface area contributed by atoms with Crippen molar-refractivity contribution in [2.24, 2.45) is 0 Å². The van der Waals surface area contributed by atoms with Gasteiger partial charge in [0.15, 0.2) is 18.2 Å². The van der Waals surface area contributed by atoms with Crippen LogP contribution in [0.25, 0.3) is 5.69 Å². The molecule has 11 heteroatoms. The molecule has 30 heavy (non-hydrogen) atoms. The van der Waals surface area contributed by atoms with E-state index in [-0.39, 0.29) is 36.2 Å². The summed E-state index contributed by atoms with van der Waals surface area (Å²) < 4.78 is 17.3. The molecule has 2 aromatic heterocycles. The number of aromatic nitrogens is 4. The first-order valence-corrected chi connectivity index (χ1v) is 9.47. The van der Waals surface area contributed by atoms with Crippen LogP contribution in [-0.4, -0.2) is 37.4 Å². The number of nitro benzene ring substituents is 1. The minimum atomic E-state index is -0.651. The second-order valence-electron chi connectivity index (χ2n) is 6.28. The highest BCUT2D eigenvalue weighted by atomic mass is 16.6. The number of nitro groups is 1. The van der Waals surface area contributed by atoms with Crippen LogP contribution < -0.4 is 4.74 Å². The molecule has 158 valence electrons. The zero-order valence-electron chi connectivity index (χ0n) is 16.6. The summed E-state index contributed by atoms with van der Waals surface area (Å²) in [6.45, 7) is 3.89. The molecule has 11 nitrogen and oxygen atoms in total. The van der Waals surface area contributed by atoms with Gasteiger partial charge in [0.1, 0.15) is 0 Å². The van der Waals surface area contributed by atoms with Gasteiger partial charge in [-0.2, -0.15) is 10.1 Å². The van der Waals surface area contributed by atoms with Crippen molar-refractivity contribution < 1.29 is 23.7 Å². The fraction of sp³-hybridized carbons (Fsp3) is 0.368. The standard InChI is InChI=1S/C19H21N5O6/c1-3-5-6-16-20-17(30-22-16)12-29-15-11-23(21-18(15)19(25)28-4-2)13-7-9-14(10-8-13)24(26)27/h7-11H,3-6,12H2,1-2H3. The summed E-state index contributed by atoms with van der Waals surface area (Å²) in [5.41, 5.74) is 0.435. The number of benzene rings is 1. The Morgan fingerprint density at radius 2 is 2.03 bits per heavy atom. The first-order valence-electron chi connectivity index (χ1n) is 9.47. The Bertz CT molecular complexity index is 1010. The number of aryl methyl sites for hydroxylation is 1. The Morgan fingerprint density at radius 3 is 2.70 bits per heavy atom. The highest BCUT2D eigenvalue weighted by Crippen LogP contribution is 2.23. The van der Waals surface area contributed by atoms with Crippen LogP contribution >= 0.6 is 0 Å². The minimum absolute atomic E-state index is 0.0269. The van der Waals surface area contributed by atoms with Crippen LogP contribution in [0.1, 0.15) is 48.9 Å². The summed E-state index contributed by atoms with van der Waals surface area (Å²) in [6, 6.07) is 5.72. The lowest BCUT2D eigenvalue weighted by molar-refractivity contribution is -0.384. The van der Waals surface area contributed by atoms with E-state index < -0.39 is 10.9 Å². The zero-order chi connectivity index (χ0) is 21.5. The molecule has 0 aliphatic heterocycles. The lowest BCUT2D eigenvalue weighted by Crippen LogP contribution is -2.08. The highest BCUT2D eigenvalue weighted by Gasteiger charge is 2.21. The highest BCUT2D eigenvalue weighted by molar-refractivity contribution is 5.90. The summed E-state index contributed by atoms with van der Waals surface area (Å²) in [4.78, 5) is 26.9. The number of esters is 1. The van der Waals surface area contributed by atoms with Gasteiger partial charge in [-0.25, -0.2) is 9.48 Å².